The van der Waals surface area contributed by atoms with Gasteiger partial charge in [0.2, 0.25) is 5.82 Å². The van der Waals surface area contributed by atoms with Crippen molar-refractivity contribution < 1.29 is 14.8 Å². The number of hydrogen-bond donors (Lipinski definition) is 2. The van der Waals surface area contributed by atoms with E-state index in [4.69, 9.17) is 9.84 Å². The molecule has 8 nitrogen and oxygen atoms in total. The topological polar surface area (TPSA) is 110 Å². The molecule has 0 fully saturated rings. The second-order valence-electron chi connectivity index (χ2n) is 3.84. The zero-order valence-electron chi connectivity index (χ0n) is 10.3. The van der Waals surface area contributed by atoms with Crippen molar-refractivity contribution in [3.8, 4) is 5.88 Å². The number of anilines is 1. The maximum atomic E-state index is 10.9. The van der Waals surface area contributed by atoms with E-state index in [9.17, 15) is 10.1 Å². The van der Waals surface area contributed by atoms with Crippen LogP contribution in [0.5, 0.6) is 5.88 Å². The van der Waals surface area contributed by atoms with E-state index in [0.29, 0.717) is 13.0 Å². The molecule has 1 heterocycles. The van der Waals surface area contributed by atoms with Crippen molar-refractivity contribution in [1.29, 1.82) is 0 Å². The summed E-state index contributed by atoms with van der Waals surface area (Å²) in [4.78, 5) is 17.9. The van der Waals surface area contributed by atoms with Crippen LogP contribution < -0.4 is 10.1 Å². The van der Waals surface area contributed by atoms with Crippen molar-refractivity contribution in [1.82, 2.24) is 9.97 Å². The summed E-state index contributed by atoms with van der Waals surface area (Å²) in [5, 5.41) is 22.6. The molecular formula is C10H16N4O4. The summed E-state index contributed by atoms with van der Waals surface area (Å²) in [5.74, 6) is 0.222. The van der Waals surface area contributed by atoms with Gasteiger partial charge in [0.25, 0.3) is 5.88 Å². The lowest BCUT2D eigenvalue weighted by molar-refractivity contribution is -0.385. The van der Waals surface area contributed by atoms with Crippen molar-refractivity contribution in [3.63, 3.8) is 0 Å². The Morgan fingerprint density at radius 2 is 2.33 bits per heavy atom. The van der Waals surface area contributed by atoms with Crippen LogP contribution in [-0.2, 0) is 0 Å². The molecular weight excluding hydrogens is 240 g/mol. The molecule has 18 heavy (non-hydrogen) atoms. The maximum absolute atomic E-state index is 10.9. The Hall–Kier alpha value is -1.96. The molecule has 100 valence electrons. The molecule has 1 rings (SSSR count). The van der Waals surface area contributed by atoms with Crippen LogP contribution >= 0.6 is 0 Å². The monoisotopic (exact) mass is 256 g/mol. The zero-order valence-corrected chi connectivity index (χ0v) is 10.3. The molecule has 8 heteroatoms. The van der Waals surface area contributed by atoms with E-state index in [2.05, 4.69) is 15.3 Å². The fourth-order valence-corrected chi connectivity index (χ4v) is 1.40. The fourth-order valence-electron chi connectivity index (χ4n) is 1.40. The first-order chi connectivity index (χ1) is 8.60. The molecule has 0 spiro atoms. The van der Waals surface area contributed by atoms with Gasteiger partial charge in [0.15, 0.2) is 0 Å². The van der Waals surface area contributed by atoms with Crippen LogP contribution in [0.3, 0.4) is 0 Å². The molecule has 2 N–H and O–H groups in total. The largest absolute Gasteiger partial charge is 0.476 e. The number of aromatic nitrogens is 2. The summed E-state index contributed by atoms with van der Waals surface area (Å²) in [6.07, 6.45) is 1.81. The SMILES string of the molecule is COc1ncnc(NCC(C)CCO)c1[N+](=O)[O-]. The Morgan fingerprint density at radius 1 is 1.61 bits per heavy atom. The normalized spacial score (nSPS) is 11.9. The highest BCUT2D eigenvalue weighted by atomic mass is 16.6. The van der Waals surface area contributed by atoms with Gasteiger partial charge in [-0.3, -0.25) is 10.1 Å². The van der Waals surface area contributed by atoms with Crippen LogP contribution in [0.4, 0.5) is 11.5 Å². The first kappa shape index (κ1) is 14.1. The molecule has 0 aliphatic heterocycles. The minimum absolute atomic E-state index is 0.0766. The minimum Gasteiger partial charge on any atom is -0.476 e. The number of hydrogen-bond acceptors (Lipinski definition) is 7. The predicted octanol–water partition coefficient (Wildman–Crippen LogP) is 0.824. The van der Waals surface area contributed by atoms with Gasteiger partial charge in [0, 0.05) is 13.2 Å². The molecule has 1 aromatic rings. The second-order valence-corrected chi connectivity index (χ2v) is 3.84. The highest BCUT2D eigenvalue weighted by Gasteiger charge is 2.23. The van der Waals surface area contributed by atoms with Gasteiger partial charge < -0.3 is 15.2 Å². The summed E-state index contributed by atoms with van der Waals surface area (Å²) >= 11 is 0. The van der Waals surface area contributed by atoms with E-state index in [1.54, 1.807) is 0 Å². The lowest BCUT2D eigenvalue weighted by atomic mass is 10.1. The number of aliphatic hydroxyl groups excluding tert-OH is 1. The lowest BCUT2D eigenvalue weighted by Gasteiger charge is -2.12. The van der Waals surface area contributed by atoms with E-state index in [1.165, 1.54) is 13.4 Å². The molecule has 1 atom stereocenters. The van der Waals surface area contributed by atoms with E-state index in [0.717, 1.165) is 0 Å². The second kappa shape index (κ2) is 6.70. The van der Waals surface area contributed by atoms with Crippen LogP contribution in [0.15, 0.2) is 6.33 Å². The quantitative estimate of drug-likeness (QED) is 0.549. The van der Waals surface area contributed by atoms with Crippen LogP contribution in [0.25, 0.3) is 0 Å². The van der Waals surface area contributed by atoms with Gasteiger partial charge in [-0.1, -0.05) is 6.92 Å². The molecule has 0 saturated heterocycles. The van der Waals surface area contributed by atoms with Gasteiger partial charge in [-0.2, -0.15) is 4.98 Å². The average Bonchev–Trinajstić information content (AvgIpc) is 2.35. The number of nitrogens with zero attached hydrogens (tertiary/aromatic N) is 3. The van der Waals surface area contributed by atoms with Gasteiger partial charge in [-0.15, -0.1) is 0 Å². The Bertz CT molecular complexity index is 413. The number of nitro groups is 1. The molecule has 0 aliphatic carbocycles. The summed E-state index contributed by atoms with van der Waals surface area (Å²) in [7, 11) is 1.31. The lowest BCUT2D eigenvalue weighted by Crippen LogP contribution is -2.15. The zero-order chi connectivity index (χ0) is 13.5. The minimum atomic E-state index is -0.585. The smallest absolute Gasteiger partial charge is 0.372 e. The number of rotatable bonds is 7. The van der Waals surface area contributed by atoms with Gasteiger partial charge in [-0.25, -0.2) is 4.98 Å². The van der Waals surface area contributed by atoms with Crippen molar-refractivity contribution in [2.75, 3.05) is 25.6 Å². The first-order valence-electron chi connectivity index (χ1n) is 5.48. The number of methoxy groups -OCH3 is 1. The van der Waals surface area contributed by atoms with Crippen molar-refractivity contribution in [3.05, 3.63) is 16.4 Å². The molecule has 1 unspecified atom stereocenters. The van der Waals surface area contributed by atoms with Crippen molar-refractivity contribution >= 4 is 11.5 Å². The van der Waals surface area contributed by atoms with Gasteiger partial charge >= 0.3 is 5.69 Å². The summed E-state index contributed by atoms with van der Waals surface area (Å²) < 4.78 is 4.83. The number of aliphatic hydroxyl groups is 1. The van der Waals surface area contributed by atoms with Crippen LogP contribution in [-0.4, -0.2) is 40.3 Å². The van der Waals surface area contributed by atoms with Crippen molar-refractivity contribution in [2.24, 2.45) is 5.92 Å². The van der Waals surface area contributed by atoms with Crippen LogP contribution in [0.1, 0.15) is 13.3 Å². The van der Waals surface area contributed by atoms with Gasteiger partial charge in [-0.05, 0) is 12.3 Å². The van der Waals surface area contributed by atoms with Gasteiger partial charge in [0.05, 0.1) is 12.0 Å². The third-order valence-electron chi connectivity index (χ3n) is 2.40. The Morgan fingerprint density at radius 3 is 2.89 bits per heavy atom. The highest BCUT2D eigenvalue weighted by Crippen LogP contribution is 2.30. The molecule has 1 aromatic heterocycles. The van der Waals surface area contributed by atoms with E-state index in [-0.39, 0.29) is 29.9 Å². The molecule has 0 bridgehead atoms. The number of nitrogens with one attached hydrogen (secondary N) is 1. The summed E-state index contributed by atoms with van der Waals surface area (Å²) in [6.45, 7) is 2.48. The van der Waals surface area contributed by atoms with E-state index in [1.807, 2.05) is 6.92 Å². The predicted molar refractivity (Wildman–Crippen MR) is 64.6 cm³/mol. The standard InChI is InChI=1S/C10H16N4O4/c1-7(3-4-15)5-11-9-8(14(16)17)10(18-2)13-6-12-9/h6-7,15H,3-5H2,1-2H3,(H,11,12,13). The summed E-state index contributed by atoms with van der Waals surface area (Å²) in [5.41, 5.74) is -0.281. The first-order valence-corrected chi connectivity index (χ1v) is 5.48. The third-order valence-corrected chi connectivity index (χ3v) is 2.40. The fraction of sp³-hybridized carbons (Fsp3) is 0.600. The highest BCUT2D eigenvalue weighted by molar-refractivity contribution is 5.60. The summed E-state index contributed by atoms with van der Waals surface area (Å²) in [6, 6.07) is 0. The Labute approximate surface area is 104 Å². The van der Waals surface area contributed by atoms with Gasteiger partial charge in [0.1, 0.15) is 6.33 Å². The maximum Gasteiger partial charge on any atom is 0.372 e. The Balaban J connectivity index is 2.85. The third kappa shape index (κ3) is 3.52. The van der Waals surface area contributed by atoms with E-state index < -0.39 is 4.92 Å². The van der Waals surface area contributed by atoms with Crippen molar-refractivity contribution in [2.45, 2.75) is 13.3 Å². The van der Waals surface area contributed by atoms with E-state index >= 15 is 0 Å². The average molecular weight is 256 g/mol. The molecule has 0 aliphatic rings. The molecule has 0 saturated carbocycles. The Kier molecular flexibility index (Phi) is 5.25. The molecule has 0 radical (unpaired) electrons. The molecule has 0 aromatic carbocycles. The number of ether oxygens (including phenoxy) is 1. The van der Waals surface area contributed by atoms with Crippen LogP contribution in [0, 0.1) is 16.0 Å². The van der Waals surface area contributed by atoms with Crippen LogP contribution in [0.2, 0.25) is 0 Å². The molecule has 0 amide bonds.